The van der Waals surface area contributed by atoms with Gasteiger partial charge in [0.25, 0.3) is 11.8 Å². The molecular formula is C34H30N2O2S. The number of carbonyl (C=O) groups is 2. The molecule has 4 nitrogen and oxygen atoms in total. The van der Waals surface area contributed by atoms with Crippen LogP contribution in [0, 0.1) is 6.92 Å². The third kappa shape index (κ3) is 5.27. The first kappa shape index (κ1) is 25.2. The fraction of sp³-hybridized carbons (Fsp3) is 0.176. The van der Waals surface area contributed by atoms with Gasteiger partial charge in [0.2, 0.25) is 0 Å². The summed E-state index contributed by atoms with van der Waals surface area (Å²) in [5, 5.41) is 3.22. The molecule has 0 fully saturated rings. The van der Waals surface area contributed by atoms with Crippen LogP contribution >= 0.6 is 11.8 Å². The number of hydrogen-bond acceptors (Lipinski definition) is 3. The summed E-state index contributed by atoms with van der Waals surface area (Å²) in [6.45, 7) is 2.59. The summed E-state index contributed by atoms with van der Waals surface area (Å²) in [5.74, 6) is -0.0860. The minimum Gasteiger partial charge on any atom is -0.345 e. The topological polar surface area (TPSA) is 49.4 Å². The Hall–Kier alpha value is -4.09. The molecule has 4 aromatic carbocycles. The summed E-state index contributed by atoms with van der Waals surface area (Å²) in [5.41, 5.74) is 7.28. The zero-order valence-corrected chi connectivity index (χ0v) is 22.7. The Morgan fingerprint density at radius 2 is 1.69 bits per heavy atom. The van der Waals surface area contributed by atoms with Crippen molar-refractivity contribution in [2.24, 2.45) is 0 Å². The molecule has 0 radical (unpaired) electrons. The van der Waals surface area contributed by atoms with Gasteiger partial charge < -0.3 is 10.2 Å². The van der Waals surface area contributed by atoms with E-state index in [9.17, 15) is 9.59 Å². The zero-order chi connectivity index (χ0) is 26.8. The number of benzene rings is 4. The van der Waals surface area contributed by atoms with Gasteiger partial charge in [-0.1, -0.05) is 84.6 Å². The lowest BCUT2D eigenvalue weighted by molar-refractivity contribution is -0.114. The second-order valence-electron chi connectivity index (χ2n) is 10.1. The van der Waals surface area contributed by atoms with Crippen LogP contribution in [0.2, 0.25) is 0 Å². The quantitative estimate of drug-likeness (QED) is 0.272. The standard InChI is InChI=1S/C34H30N2O2S/c1-23-9-2-3-11-27(23)22-36-30-15-6-7-16-31(30)39-32(34(36)38)21-24-17-19-26(20-18-24)33(37)35-29-14-8-12-25-10-4-5-13-28(25)29/h2-7,9-11,13,15-21,29H,8,12,14,22H2,1H3,(H,35,37)/b32-21+/t29-/m0/s1. The second kappa shape index (κ2) is 11.0. The van der Waals surface area contributed by atoms with Gasteiger partial charge in [0.1, 0.15) is 0 Å². The van der Waals surface area contributed by atoms with Crippen molar-refractivity contribution in [3.63, 3.8) is 0 Å². The van der Waals surface area contributed by atoms with Gasteiger partial charge in [-0.3, -0.25) is 9.59 Å². The number of fused-ring (bicyclic) bond motifs is 2. The minimum absolute atomic E-state index is 0.0141. The normalized spacial score (nSPS) is 17.5. The van der Waals surface area contributed by atoms with Crippen molar-refractivity contribution in [3.8, 4) is 0 Å². The van der Waals surface area contributed by atoms with Crippen LogP contribution in [-0.4, -0.2) is 11.8 Å². The van der Waals surface area contributed by atoms with Crippen molar-refractivity contribution >= 4 is 35.3 Å². The van der Waals surface area contributed by atoms with Crippen LogP contribution in [-0.2, 0) is 17.8 Å². The van der Waals surface area contributed by atoms with Crippen molar-refractivity contribution in [3.05, 3.63) is 135 Å². The number of nitrogens with zero attached hydrogens (tertiary/aromatic N) is 1. The van der Waals surface area contributed by atoms with E-state index < -0.39 is 0 Å². The molecule has 1 aliphatic heterocycles. The van der Waals surface area contributed by atoms with Gasteiger partial charge in [0.05, 0.1) is 23.2 Å². The molecule has 0 unspecified atom stereocenters. The number of para-hydroxylation sites is 1. The van der Waals surface area contributed by atoms with Crippen molar-refractivity contribution in [1.29, 1.82) is 0 Å². The van der Waals surface area contributed by atoms with E-state index >= 15 is 0 Å². The SMILES string of the molecule is Cc1ccccc1CN1C(=O)/C(=C\c2ccc(C(=O)N[C@H]3CCCc4ccccc43)cc2)Sc2ccccc21. The zero-order valence-electron chi connectivity index (χ0n) is 21.9. The Bertz CT molecular complexity index is 1570. The molecule has 0 aromatic heterocycles. The maximum absolute atomic E-state index is 13.7. The van der Waals surface area contributed by atoms with E-state index in [1.165, 1.54) is 22.9 Å². The molecule has 4 aromatic rings. The molecule has 1 heterocycles. The molecule has 5 heteroatoms. The highest BCUT2D eigenvalue weighted by Crippen LogP contribution is 2.42. The summed E-state index contributed by atoms with van der Waals surface area (Å²) in [7, 11) is 0. The van der Waals surface area contributed by atoms with Gasteiger partial charge in [0.15, 0.2) is 0 Å². The van der Waals surface area contributed by atoms with E-state index in [0.717, 1.165) is 46.5 Å². The van der Waals surface area contributed by atoms with Crippen LogP contribution in [0.25, 0.3) is 6.08 Å². The molecule has 1 aliphatic carbocycles. The van der Waals surface area contributed by atoms with E-state index in [0.29, 0.717) is 17.0 Å². The van der Waals surface area contributed by atoms with Crippen molar-refractivity contribution in [1.82, 2.24) is 5.32 Å². The lowest BCUT2D eigenvalue weighted by Gasteiger charge is -2.31. The smallest absolute Gasteiger partial charge is 0.265 e. The number of anilines is 1. The molecule has 0 bridgehead atoms. The Morgan fingerprint density at radius 1 is 0.949 bits per heavy atom. The van der Waals surface area contributed by atoms with Gasteiger partial charge in [0, 0.05) is 10.5 Å². The van der Waals surface area contributed by atoms with E-state index in [4.69, 9.17) is 0 Å². The van der Waals surface area contributed by atoms with Crippen molar-refractivity contribution < 1.29 is 9.59 Å². The molecule has 1 atom stereocenters. The molecule has 2 amide bonds. The van der Waals surface area contributed by atoms with Gasteiger partial charge >= 0.3 is 0 Å². The van der Waals surface area contributed by atoms with Crippen molar-refractivity contribution in [2.45, 2.75) is 43.7 Å². The number of carbonyl (C=O) groups excluding carboxylic acids is 2. The van der Waals surface area contributed by atoms with Crippen LogP contribution in [0.15, 0.2) is 107 Å². The summed E-state index contributed by atoms with van der Waals surface area (Å²) in [6, 6.07) is 32.1. The summed E-state index contributed by atoms with van der Waals surface area (Å²) in [6.07, 6.45) is 5.01. The molecule has 2 aliphatic rings. The Balaban J connectivity index is 1.22. The first-order valence-corrected chi connectivity index (χ1v) is 14.2. The Kier molecular flexibility index (Phi) is 7.08. The molecule has 0 saturated carbocycles. The van der Waals surface area contributed by atoms with Crippen LogP contribution in [0.1, 0.15) is 57.1 Å². The number of nitrogens with one attached hydrogen (secondary N) is 1. The fourth-order valence-electron chi connectivity index (χ4n) is 5.40. The second-order valence-corrected chi connectivity index (χ2v) is 11.2. The summed E-state index contributed by atoms with van der Waals surface area (Å²) >= 11 is 1.50. The fourth-order valence-corrected chi connectivity index (χ4v) is 6.46. The van der Waals surface area contributed by atoms with Crippen molar-refractivity contribution in [2.75, 3.05) is 4.90 Å². The summed E-state index contributed by atoms with van der Waals surface area (Å²) in [4.78, 5) is 30.3. The number of thioether (sulfide) groups is 1. The molecular weight excluding hydrogens is 500 g/mol. The van der Waals surface area contributed by atoms with E-state index in [1.54, 1.807) is 0 Å². The molecule has 39 heavy (non-hydrogen) atoms. The molecule has 0 spiro atoms. The predicted octanol–water partition coefficient (Wildman–Crippen LogP) is 7.48. The largest absolute Gasteiger partial charge is 0.345 e. The van der Waals surface area contributed by atoms with Gasteiger partial charge in [-0.05, 0) is 84.3 Å². The first-order valence-electron chi connectivity index (χ1n) is 13.4. The van der Waals surface area contributed by atoms with Gasteiger partial charge in [-0.25, -0.2) is 0 Å². The Labute approximate surface area is 233 Å². The van der Waals surface area contributed by atoms with Crippen LogP contribution in [0.5, 0.6) is 0 Å². The highest BCUT2D eigenvalue weighted by Gasteiger charge is 2.29. The first-order chi connectivity index (χ1) is 19.1. The van der Waals surface area contributed by atoms with E-state index in [2.05, 4.69) is 48.6 Å². The molecule has 194 valence electrons. The lowest BCUT2D eigenvalue weighted by atomic mass is 9.87. The monoisotopic (exact) mass is 530 g/mol. The Morgan fingerprint density at radius 3 is 2.54 bits per heavy atom. The highest BCUT2D eigenvalue weighted by atomic mass is 32.2. The maximum atomic E-state index is 13.7. The summed E-state index contributed by atoms with van der Waals surface area (Å²) < 4.78 is 0. The third-order valence-corrected chi connectivity index (χ3v) is 8.64. The maximum Gasteiger partial charge on any atom is 0.265 e. The van der Waals surface area contributed by atoms with E-state index in [-0.39, 0.29) is 17.9 Å². The van der Waals surface area contributed by atoms with Gasteiger partial charge in [-0.15, -0.1) is 0 Å². The molecule has 6 rings (SSSR count). The van der Waals surface area contributed by atoms with Crippen LogP contribution < -0.4 is 10.2 Å². The third-order valence-electron chi connectivity index (χ3n) is 7.57. The lowest BCUT2D eigenvalue weighted by Crippen LogP contribution is -2.33. The minimum atomic E-state index is -0.0719. The van der Waals surface area contributed by atoms with Gasteiger partial charge in [-0.2, -0.15) is 0 Å². The average Bonchev–Trinajstić information content (AvgIpc) is 2.97. The number of aryl methyl sites for hydroxylation is 2. The average molecular weight is 531 g/mol. The number of hydrogen-bond donors (Lipinski definition) is 1. The predicted molar refractivity (Wildman–Crippen MR) is 159 cm³/mol. The number of rotatable bonds is 5. The van der Waals surface area contributed by atoms with Crippen LogP contribution in [0.4, 0.5) is 5.69 Å². The number of amides is 2. The van der Waals surface area contributed by atoms with E-state index in [1.807, 2.05) is 71.6 Å². The molecule has 1 N–H and O–H groups in total. The molecule has 0 saturated heterocycles. The highest BCUT2D eigenvalue weighted by molar-refractivity contribution is 8.04. The van der Waals surface area contributed by atoms with Crippen LogP contribution in [0.3, 0.4) is 0 Å².